The monoisotopic (exact) mass is 187 g/mol. The first-order chi connectivity index (χ1) is 6.20. The molecule has 2 nitrogen and oxygen atoms in total. The van der Waals surface area contributed by atoms with Crippen molar-refractivity contribution in [1.82, 2.24) is 5.32 Å². The van der Waals surface area contributed by atoms with Crippen molar-refractivity contribution in [2.24, 2.45) is 0 Å². The van der Waals surface area contributed by atoms with Gasteiger partial charge in [0, 0.05) is 19.2 Å². The number of nitrogens with one attached hydrogen (secondary N) is 1. The lowest BCUT2D eigenvalue weighted by atomic mass is 10.2. The summed E-state index contributed by atoms with van der Waals surface area (Å²) in [6.45, 7) is 10.6. The summed E-state index contributed by atoms with van der Waals surface area (Å²) >= 11 is 0. The zero-order chi connectivity index (χ0) is 10.1. The number of rotatable bonds is 8. The SMILES string of the molecule is CCCOC(CCC)CNC(C)C. The molecule has 0 aromatic heterocycles. The lowest BCUT2D eigenvalue weighted by Crippen LogP contribution is -2.33. The lowest BCUT2D eigenvalue weighted by molar-refractivity contribution is 0.0462. The predicted octanol–water partition coefficient (Wildman–Crippen LogP) is 2.58. The van der Waals surface area contributed by atoms with Crippen LogP contribution in [0, 0.1) is 0 Å². The maximum Gasteiger partial charge on any atom is 0.0699 e. The van der Waals surface area contributed by atoms with E-state index in [1.165, 1.54) is 12.8 Å². The molecule has 0 aliphatic carbocycles. The molecule has 0 aliphatic heterocycles. The first kappa shape index (κ1) is 12.9. The van der Waals surface area contributed by atoms with Crippen molar-refractivity contribution < 1.29 is 4.74 Å². The number of ether oxygens (including phenoxy) is 1. The van der Waals surface area contributed by atoms with Crippen LogP contribution in [-0.4, -0.2) is 25.3 Å². The zero-order valence-corrected chi connectivity index (χ0v) is 9.60. The number of hydrogen-bond donors (Lipinski definition) is 1. The topological polar surface area (TPSA) is 21.3 Å². The summed E-state index contributed by atoms with van der Waals surface area (Å²) in [6.07, 6.45) is 3.89. The molecule has 0 aromatic carbocycles. The summed E-state index contributed by atoms with van der Waals surface area (Å²) in [5.74, 6) is 0. The molecule has 0 amide bonds. The van der Waals surface area contributed by atoms with Gasteiger partial charge in [-0.05, 0) is 12.8 Å². The largest absolute Gasteiger partial charge is 0.377 e. The van der Waals surface area contributed by atoms with E-state index < -0.39 is 0 Å². The van der Waals surface area contributed by atoms with Crippen molar-refractivity contribution in [3.63, 3.8) is 0 Å². The van der Waals surface area contributed by atoms with Gasteiger partial charge < -0.3 is 10.1 Å². The second-order valence-electron chi connectivity index (χ2n) is 3.84. The Bertz CT molecular complexity index is 104. The predicted molar refractivity (Wildman–Crippen MR) is 58.1 cm³/mol. The Morgan fingerprint density at radius 3 is 2.31 bits per heavy atom. The van der Waals surface area contributed by atoms with Gasteiger partial charge in [0.25, 0.3) is 0 Å². The minimum absolute atomic E-state index is 0.410. The molecule has 0 heterocycles. The number of hydrogen-bond acceptors (Lipinski definition) is 2. The molecule has 13 heavy (non-hydrogen) atoms. The molecule has 0 spiro atoms. The van der Waals surface area contributed by atoms with Gasteiger partial charge >= 0.3 is 0 Å². The van der Waals surface area contributed by atoms with Crippen LogP contribution in [0.1, 0.15) is 47.0 Å². The van der Waals surface area contributed by atoms with Gasteiger partial charge in [-0.2, -0.15) is 0 Å². The van der Waals surface area contributed by atoms with E-state index in [2.05, 4.69) is 33.0 Å². The Labute approximate surface area is 83.1 Å². The fraction of sp³-hybridized carbons (Fsp3) is 1.00. The molecule has 0 aliphatic rings. The first-order valence-electron chi connectivity index (χ1n) is 5.55. The molecule has 0 saturated heterocycles. The quantitative estimate of drug-likeness (QED) is 0.630. The molecule has 0 aromatic rings. The molecular formula is C11H25NO. The minimum Gasteiger partial charge on any atom is -0.377 e. The summed E-state index contributed by atoms with van der Waals surface area (Å²) in [5.41, 5.74) is 0. The Morgan fingerprint density at radius 2 is 1.85 bits per heavy atom. The van der Waals surface area contributed by atoms with Crippen LogP contribution in [0.3, 0.4) is 0 Å². The summed E-state index contributed by atoms with van der Waals surface area (Å²) in [5, 5.41) is 3.41. The Morgan fingerprint density at radius 1 is 1.15 bits per heavy atom. The van der Waals surface area contributed by atoms with Gasteiger partial charge in [0.1, 0.15) is 0 Å². The smallest absolute Gasteiger partial charge is 0.0699 e. The van der Waals surface area contributed by atoms with E-state index in [4.69, 9.17) is 4.74 Å². The van der Waals surface area contributed by atoms with Gasteiger partial charge in [-0.1, -0.05) is 34.1 Å². The molecule has 0 bridgehead atoms. The fourth-order valence-corrected chi connectivity index (χ4v) is 1.22. The Balaban J connectivity index is 3.53. The molecule has 0 radical (unpaired) electrons. The van der Waals surface area contributed by atoms with E-state index in [1.54, 1.807) is 0 Å². The second kappa shape index (κ2) is 8.52. The van der Waals surface area contributed by atoms with Gasteiger partial charge in [-0.25, -0.2) is 0 Å². The van der Waals surface area contributed by atoms with Crippen molar-refractivity contribution in [2.45, 2.75) is 59.1 Å². The highest BCUT2D eigenvalue weighted by Crippen LogP contribution is 2.02. The van der Waals surface area contributed by atoms with Crippen LogP contribution in [0.2, 0.25) is 0 Å². The van der Waals surface area contributed by atoms with E-state index in [0.717, 1.165) is 19.6 Å². The highest BCUT2D eigenvalue weighted by atomic mass is 16.5. The van der Waals surface area contributed by atoms with Crippen molar-refractivity contribution in [3.05, 3.63) is 0 Å². The van der Waals surface area contributed by atoms with Gasteiger partial charge in [0.2, 0.25) is 0 Å². The first-order valence-corrected chi connectivity index (χ1v) is 5.55. The standard InChI is InChI=1S/C11H25NO/c1-5-7-11(13-8-6-2)9-12-10(3)4/h10-12H,5-9H2,1-4H3. The second-order valence-corrected chi connectivity index (χ2v) is 3.84. The van der Waals surface area contributed by atoms with E-state index in [1.807, 2.05) is 0 Å². The van der Waals surface area contributed by atoms with Crippen molar-refractivity contribution in [3.8, 4) is 0 Å². The average molecular weight is 187 g/mol. The van der Waals surface area contributed by atoms with Crippen molar-refractivity contribution in [1.29, 1.82) is 0 Å². The maximum atomic E-state index is 5.72. The Kier molecular flexibility index (Phi) is 8.46. The van der Waals surface area contributed by atoms with Gasteiger partial charge in [0.15, 0.2) is 0 Å². The molecule has 1 unspecified atom stereocenters. The third-order valence-electron chi connectivity index (χ3n) is 1.92. The van der Waals surface area contributed by atoms with Gasteiger partial charge in [0.05, 0.1) is 6.10 Å². The summed E-state index contributed by atoms with van der Waals surface area (Å²) in [7, 11) is 0. The van der Waals surface area contributed by atoms with Crippen LogP contribution in [0.4, 0.5) is 0 Å². The van der Waals surface area contributed by atoms with E-state index in [0.29, 0.717) is 12.1 Å². The molecule has 0 fully saturated rings. The summed E-state index contributed by atoms with van der Waals surface area (Å²) < 4.78 is 5.72. The molecule has 80 valence electrons. The average Bonchev–Trinajstić information content (AvgIpc) is 2.09. The molecule has 1 N–H and O–H groups in total. The summed E-state index contributed by atoms with van der Waals surface area (Å²) in [6, 6.07) is 0.560. The van der Waals surface area contributed by atoms with E-state index in [-0.39, 0.29) is 0 Å². The van der Waals surface area contributed by atoms with Crippen LogP contribution in [-0.2, 0) is 4.74 Å². The molecule has 0 saturated carbocycles. The van der Waals surface area contributed by atoms with Crippen LogP contribution >= 0.6 is 0 Å². The fourth-order valence-electron chi connectivity index (χ4n) is 1.22. The highest BCUT2D eigenvalue weighted by molar-refractivity contribution is 4.63. The molecule has 0 rings (SSSR count). The third-order valence-corrected chi connectivity index (χ3v) is 1.92. The van der Waals surface area contributed by atoms with Crippen LogP contribution in [0.15, 0.2) is 0 Å². The lowest BCUT2D eigenvalue weighted by Gasteiger charge is -2.19. The highest BCUT2D eigenvalue weighted by Gasteiger charge is 2.07. The van der Waals surface area contributed by atoms with Crippen molar-refractivity contribution >= 4 is 0 Å². The molecular weight excluding hydrogens is 162 g/mol. The Hall–Kier alpha value is -0.0800. The van der Waals surface area contributed by atoms with Crippen LogP contribution in [0.5, 0.6) is 0 Å². The van der Waals surface area contributed by atoms with E-state index in [9.17, 15) is 0 Å². The van der Waals surface area contributed by atoms with E-state index >= 15 is 0 Å². The zero-order valence-electron chi connectivity index (χ0n) is 9.60. The van der Waals surface area contributed by atoms with Crippen LogP contribution < -0.4 is 5.32 Å². The minimum atomic E-state index is 0.410. The van der Waals surface area contributed by atoms with Gasteiger partial charge in [-0.15, -0.1) is 0 Å². The molecule has 2 heteroatoms. The van der Waals surface area contributed by atoms with Crippen LogP contribution in [0.25, 0.3) is 0 Å². The summed E-state index contributed by atoms with van der Waals surface area (Å²) in [4.78, 5) is 0. The maximum absolute atomic E-state index is 5.72. The third kappa shape index (κ3) is 8.26. The molecule has 1 atom stereocenters. The van der Waals surface area contributed by atoms with Gasteiger partial charge in [-0.3, -0.25) is 0 Å². The van der Waals surface area contributed by atoms with Crippen molar-refractivity contribution in [2.75, 3.05) is 13.2 Å². The normalized spacial score (nSPS) is 13.6.